The van der Waals surface area contributed by atoms with Crippen LogP contribution in [-0.4, -0.2) is 34.3 Å². The summed E-state index contributed by atoms with van der Waals surface area (Å²) in [5, 5.41) is 3.28. The van der Waals surface area contributed by atoms with E-state index in [4.69, 9.17) is 27.9 Å². The number of carbonyl (C=O) groups excluding carboxylic acids is 2. The molecule has 2 heterocycles. The lowest BCUT2D eigenvalue weighted by molar-refractivity contribution is -0.125. The van der Waals surface area contributed by atoms with Gasteiger partial charge >= 0.3 is 0 Å². The maximum absolute atomic E-state index is 12.7. The minimum Gasteiger partial charge on any atom is -0.485 e. The molecule has 32 heavy (non-hydrogen) atoms. The van der Waals surface area contributed by atoms with E-state index in [0.29, 0.717) is 32.7 Å². The summed E-state index contributed by atoms with van der Waals surface area (Å²) in [5.41, 5.74) is 2.50. The van der Waals surface area contributed by atoms with Crippen molar-refractivity contribution >= 4 is 74.7 Å². The number of ether oxygens (including phenoxy) is 1. The number of hydrogen-bond acceptors (Lipinski definition) is 4. The van der Waals surface area contributed by atoms with E-state index in [2.05, 4.69) is 26.2 Å². The number of likely N-dealkylation sites (N-methyl/N-ethyl adjacent to an activating group) is 1. The molecule has 0 saturated heterocycles. The van der Waals surface area contributed by atoms with Crippen LogP contribution in [0.2, 0.25) is 10.0 Å². The highest BCUT2D eigenvalue weighted by Crippen LogP contribution is 2.35. The van der Waals surface area contributed by atoms with Gasteiger partial charge in [0.1, 0.15) is 17.3 Å². The number of amides is 2. The highest BCUT2D eigenvalue weighted by molar-refractivity contribution is 9.10. The topological polar surface area (TPSA) is 75.9 Å². The fourth-order valence-electron chi connectivity index (χ4n) is 3.14. The quantitative estimate of drug-likeness (QED) is 0.447. The lowest BCUT2D eigenvalue weighted by Gasteiger charge is -2.24. The summed E-state index contributed by atoms with van der Waals surface area (Å²) in [6.45, 7) is 4.94. The molecule has 0 spiro atoms. The van der Waals surface area contributed by atoms with Crippen LogP contribution in [0.25, 0.3) is 5.65 Å². The van der Waals surface area contributed by atoms with Gasteiger partial charge in [0.15, 0.2) is 11.4 Å². The van der Waals surface area contributed by atoms with Crippen molar-refractivity contribution in [1.82, 2.24) is 14.7 Å². The van der Waals surface area contributed by atoms with Gasteiger partial charge in [-0.25, -0.2) is 4.98 Å². The summed E-state index contributed by atoms with van der Waals surface area (Å²) in [6.07, 6.45) is 1.88. The molecule has 0 aliphatic carbocycles. The van der Waals surface area contributed by atoms with Gasteiger partial charge in [0.2, 0.25) is 11.8 Å². The molecule has 0 saturated carbocycles. The van der Waals surface area contributed by atoms with Crippen molar-refractivity contribution < 1.29 is 14.3 Å². The predicted molar refractivity (Wildman–Crippen MR) is 132 cm³/mol. The van der Waals surface area contributed by atoms with E-state index in [1.165, 1.54) is 11.8 Å². The Kier molecular flexibility index (Phi) is 8.82. The normalized spacial score (nSPS) is 11.6. The van der Waals surface area contributed by atoms with Crippen LogP contribution in [0.3, 0.4) is 0 Å². The Morgan fingerprint density at radius 3 is 2.66 bits per heavy atom. The van der Waals surface area contributed by atoms with Crippen molar-refractivity contribution in [2.45, 2.75) is 33.4 Å². The number of aryl methyl sites for hydroxylation is 1. The van der Waals surface area contributed by atoms with Crippen LogP contribution < -0.4 is 15.0 Å². The summed E-state index contributed by atoms with van der Waals surface area (Å²) < 4.78 is 8.72. The molecule has 0 radical (unpaired) electrons. The Balaban J connectivity index is 0.00000363. The van der Waals surface area contributed by atoms with Crippen LogP contribution >= 0.6 is 51.5 Å². The van der Waals surface area contributed by atoms with Crippen LogP contribution in [0.15, 0.2) is 35.1 Å². The molecule has 0 bridgehead atoms. The van der Waals surface area contributed by atoms with E-state index in [1.54, 1.807) is 26.1 Å². The number of nitrogens with one attached hydrogen (secondary N) is 1. The number of aromatic nitrogens is 2. The van der Waals surface area contributed by atoms with E-state index in [9.17, 15) is 9.59 Å². The summed E-state index contributed by atoms with van der Waals surface area (Å²) >= 11 is 16.5. The van der Waals surface area contributed by atoms with E-state index in [0.717, 1.165) is 10.3 Å². The third-order valence-electron chi connectivity index (χ3n) is 4.73. The molecule has 0 fully saturated rings. The van der Waals surface area contributed by atoms with Crippen LogP contribution in [0.4, 0.5) is 5.69 Å². The molecule has 2 aromatic heterocycles. The molecule has 3 aromatic rings. The molecular formula is C21H22BrCl3N4O3. The Bertz CT molecular complexity index is 1170. The number of anilines is 1. The largest absolute Gasteiger partial charge is 0.485 e. The molecule has 3 rings (SSSR count). The number of hydrogen-bond donors (Lipinski definition) is 1. The summed E-state index contributed by atoms with van der Waals surface area (Å²) in [5.74, 6) is -0.0353. The minimum absolute atomic E-state index is 0. The van der Waals surface area contributed by atoms with E-state index in [1.807, 2.05) is 29.7 Å². The molecule has 1 atom stereocenters. The Labute approximate surface area is 210 Å². The van der Waals surface area contributed by atoms with Gasteiger partial charge < -0.3 is 15.0 Å². The van der Waals surface area contributed by atoms with Crippen molar-refractivity contribution in [3.8, 4) is 5.75 Å². The Morgan fingerprint density at radius 2 is 2.00 bits per heavy atom. The van der Waals surface area contributed by atoms with Crippen molar-refractivity contribution in [3.05, 3.63) is 56.4 Å². The number of halogens is 4. The molecule has 1 aromatic carbocycles. The third-order valence-corrected chi connectivity index (χ3v) is 6.47. The minimum atomic E-state index is -0.700. The lowest BCUT2D eigenvalue weighted by Crippen LogP contribution is -2.45. The maximum atomic E-state index is 12.7. The Hall–Kier alpha value is -2.00. The van der Waals surface area contributed by atoms with Gasteiger partial charge in [-0.1, -0.05) is 23.2 Å². The summed E-state index contributed by atoms with van der Waals surface area (Å²) in [6, 6.07) is 6.27. The molecule has 0 aliphatic rings. The molecule has 11 heteroatoms. The van der Waals surface area contributed by atoms with Crippen LogP contribution in [-0.2, 0) is 16.2 Å². The number of fused-ring (bicyclic) bond motifs is 1. The van der Waals surface area contributed by atoms with Gasteiger partial charge in [0, 0.05) is 30.8 Å². The highest BCUT2D eigenvalue weighted by Gasteiger charge is 2.23. The number of imidazole rings is 1. The molecule has 2 amide bonds. The third kappa shape index (κ3) is 5.31. The van der Waals surface area contributed by atoms with Gasteiger partial charge in [-0.05, 0) is 54.0 Å². The number of pyridine rings is 1. The van der Waals surface area contributed by atoms with Crippen molar-refractivity contribution in [3.63, 3.8) is 0 Å². The van der Waals surface area contributed by atoms with Crippen molar-refractivity contribution in [2.24, 2.45) is 0 Å². The van der Waals surface area contributed by atoms with Crippen LogP contribution in [0, 0.1) is 6.92 Å². The summed E-state index contributed by atoms with van der Waals surface area (Å²) in [4.78, 5) is 29.8. The zero-order chi connectivity index (χ0) is 22.9. The predicted octanol–water partition coefficient (Wildman–Crippen LogP) is 5.20. The molecular weight excluding hydrogens is 543 g/mol. The zero-order valence-corrected chi connectivity index (χ0v) is 21.7. The smallest absolute Gasteiger partial charge is 0.249 e. The molecule has 7 nitrogen and oxygen atoms in total. The van der Waals surface area contributed by atoms with Gasteiger partial charge in [-0.2, -0.15) is 0 Å². The number of rotatable bonds is 6. The standard InChI is InChI=1S/C21H21BrCl2N4O3.ClH/c1-11-19(22)28-9-5-6-17(20(28)26-11)31-10-14-15(23)7-8-16(18(14)24)27(4)21(30)12(2)25-13(3)29;/h5-9,12H,10H2,1-4H3,(H,25,29);1H. The second kappa shape index (κ2) is 10.7. The Morgan fingerprint density at radius 1 is 1.31 bits per heavy atom. The SMILES string of the molecule is CC(=O)NC(C)C(=O)N(C)c1ccc(Cl)c(COc2cccn3c(Br)c(C)nc23)c1Cl.Cl. The monoisotopic (exact) mass is 562 g/mol. The summed E-state index contributed by atoms with van der Waals surface area (Å²) in [7, 11) is 1.59. The van der Waals surface area contributed by atoms with E-state index < -0.39 is 6.04 Å². The fourth-order valence-corrected chi connectivity index (χ4v) is 4.12. The first-order valence-electron chi connectivity index (χ1n) is 9.39. The molecule has 1 unspecified atom stereocenters. The highest BCUT2D eigenvalue weighted by atomic mass is 79.9. The van der Waals surface area contributed by atoms with Crippen molar-refractivity contribution in [2.75, 3.05) is 11.9 Å². The average Bonchev–Trinajstić information content (AvgIpc) is 3.01. The average molecular weight is 565 g/mol. The van der Waals surface area contributed by atoms with Crippen molar-refractivity contribution in [1.29, 1.82) is 0 Å². The first-order chi connectivity index (χ1) is 14.6. The lowest BCUT2D eigenvalue weighted by atomic mass is 10.1. The maximum Gasteiger partial charge on any atom is 0.249 e. The molecule has 1 N–H and O–H groups in total. The van der Waals surface area contributed by atoms with Gasteiger partial charge in [-0.3, -0.25) is 14.0 Å². The number of nitrogens with zero attached hydrogens (tertiary/aromatic N) is 3. The van der Waals surface area contributed by atoms with E-state index in [-0.39, 0.29) is 30.8 Å². The van der Waals surface area contributed by atoms with Gasteiger partial charge in [0.05, 0.1) is 16.4 Å². The molecule has 0 aliphatic heterocycles. The van der Waals surface area contributed by atoms with Gasteiger partial charge in [-0.15, -0.1) is 12.4 Å². The zero-order valence-electron chi connectivity index (χ0n) is 17.8. The van der Waals surface area contributed by atoms with Crippen LogP contribution in [0.1, 0.15) is 25.1 Å². The second-order valence-electron chi connectivity index (χ2n) is 7.02. The van der Waals surface area contributed by atoms with E-state index >= 15 is 0 Å². The number of carbonyl (C=O) groups is 2. The molecule has 172 valence electrons. The number of benzene rings is 1. The first-order valence-corrected chi connectivity index (χ1v) is 10.9. The second-order valence-corrected chi connectivity index (χ2v) is 8.56. The first kappa shape index (κ1) is 26.3. The van der Waals surface area contributed by atoms with Gasteiger partial charge in [0.25, 0.3) is 0 Å². The van der Waals surface area contributed by atoms with Crippen LogP contribution in [0.5, 0.6) is 5.75 Å². The fraction of sp³-hybridized carbons (Fsp3) is 0.286.